The molecular weight excluding hydrogens is 372 g/mol. The highest BCUT2D eigenvalue weighted by Crippen LogP contribution is 2.42. The van der Waals surface area contributed by atoms with Crippen molar-refractivity contribution in [3.63, 3.8) is 0 Å². The summed E-state index contributed by atoms with van der Waals surface area (Å²) < 4.78 is 6.17. The summed E-state index contributed by atoms with van der Waals surface area (Å²) in [6.07, 6.45) is 0.200. The molecule has 1 aliphatic heterocycles. The van der Waals surface area contributed by atoms with Crippen molar-refractivity contribution in [2.45, 2.75) is 44.9 Å². The number of fused-ring (bicyclic) bond motifs is 2. The lowest BCUT2D eigenvalue weighted by molar-refractivity contribution is -0.0642. The monoisotopic (exact) mass is 396 g/mol. The van der Waals surface area contributed by atoms with Crippen molar-refractivity contribution in [3.8, 4) is 5.75 Å². The van der Waals surface area contributed by atoms with E-state index in [-0.39, 0.29) is 6.04 Å². The van der Waals surface area contributed by atoms with Crippen LogP contribution in [0, 0.1) is 6.92 Å². The highest BCUT2D eigenvalue weighted by Gasteiger charge is 2.42. The number of pyridine rings is 1. The number of nitrogens with zero attached hydrogens (tertiary/aromatic N) is 1. The SMILES string of the molecule is Cc1cc(Cl)nc2cc3c(cc12)OC(C)(C)[C@H](O)[C@H]3NCCc1ccccc1. The van der Waals surface area contributed by atoms with Crippen molar-refractivity contribution in [2.75, 3.05) is 6.54 Å². The van der Waals surface area contributed by atoms with Gasteiger partial charge in [-0.3, -0.25) is 0 Å². The highest BCUT2D eigenvalue weighted by atomic mass is 35.5. The van der Waals surface area contributed by atoms with E-state index in [1.54, 1.807) is 0 Å². The maximum Gasteiger partial charge on any atom is 0.131 e. The molecule has 2 heterocycles. The molecule has 0 saturated carbocycles. The van der Waals surface area contributed by atoms with Gasteiger partial charge < -0.3 is 15.2 Å². The van der Waals surface area contributed by atoms with Crippen LogP contribution < -0.4 is 10.1 Å². The van der Waals surface area contributed by atoms with Gasteiger partial charge in [-0.1, -0.05) is 41.9 Å². The van der Waals surface area contributed by atoms with Crippen LogP contribution in [0.1, 0.15) is 36.6 Å². The quantitative estimate of drug-likeness (QED) is 0.633. The van der Waals surface area contributed by atoms with Crippen molar-refractivity contribution < 1.29 is 9.84 Å². The van der Waals surface area contributed by atoms with E-state index in [1.165, 1.54) is 5.56 Å². The number of aliphatic hydroxyl groups is 1. The van der Waals surface area contributed by atoms with E-state index >= 15 is 0 Å². The molecule has 0 amide bonds. The van der Waals surface area contributed by atoms with Crippen molar-refractivity contribution in [3.05, 3.63) is 70.4 Å². The Morgan fingerprint density at radius 1 is 1.18 bits per heavy atom. The summed E-state index contributed by atoms with van der Waals surface area (Å²) in [5, 5.41) is 16.0. The molecule has 146 valence electrons. The van der Waals surface area contributed by atoms with Crippen LogP contribution in [0.3, 0.4) is 0 Å². The van der Waals surface area contributed by atoms with Crippen LogP contribution in [-0.2, 0) is 6.42 Å². The maximum absolute atomic E-state index is 11.0. The normalized spacial score (nSPS) is 20.6. The zero-order valence-electron chi connectivity index (χ0n) is 16.4. The Morgan fingerprint density at radius 3 is 2.68 bits per heavy atom. The molecule has 4 nitrogen and oxygen atoms in total. The van der Waals surface area contributed by atoms with Gasteiger partial charge in [0.2, 0.25) is 0 Å². The Morgan fingerprint density at radius 2 is 1.93 bits per heavy atom. The molecule has 2 N–H and O–H groups in total. The lowest BCUT2D eigenvalue weighted by atomic mass is 9.85. The Labute approximate surface area is 170 Å². The Kier molecular flexibility index (Phi) is 5.04. The number of benzene rings is 2. The van der Waals surface area contributed by atoms with Crippen LogP contribution in [0.4, 0.5) is 0 Å². The highest BCUT2D eigenvalue weighted by molar-refractivity contribution is 6.29. The Hall–Kier alpha value is -2.14. The molecule has 1 aliphatic rings. The molecule has 0 radical (unpaired) electrons. The first-order valence-corrected chi connectivity index (χ1v) is 9.98. The topological polar surface area (TPSA) is 54.4 Å². The van der Waals surface area contributed by atoms with E-state index in [1.807, 2.05) is 57.2 Å². The molecule has 28 heavy (non-hydrogen) atoms. The number of hydrogen-bond donors (Lipinski definition) is 2. The van der Waals surface area contributed by atoms with Crippen molar-refractivity contribution in [1.82, 2.24) is 10.3 Å². The van der Waals surface area contributed by atoms with Gasteiger partial charge in [0.1, 0.15) is 22.6 Å². The van der Waals surface area contributed by atoms with Gasteiger partial charge in [0.15, 0.2) is 0 Å². The van der Waals surface area contributed by atoms with Gasteiger partial charge in [-0.05, 0) is 63.1 Å². The zero-order valence-corrected chi connectivity index (χ0v) is 17.1. The third kappa shape index (κ3) is 3.60. The number of aryl methyl sites for hydroxylation is 1. The number of hydrogen-bond acceptors (Lipinski definition) is 4. The second kappa shape index (κ2) is 7.36. The molecule has 0 unspecified atom stereocenters. The smallest absolute Gasteiger partial charge is 0.131 e. The third-order valence-electron chi connectivity index (χ3n) is 5.47. The fraction of sp³-hybridized carbons (Fsp3) is 0.348. The fourth-order valence-electron chi connectivity index (χ4n) is 3.88. The second-order valence-corrected chi connectivity index (χ2v) is 8.37. The minimum Gasteiger partial charge on any atom is -0.485 e. The molecule has 0 bridgehead atoms. The summed E-state index contributed by atoms with van der Waals surface area (Å²) >= 11 is 6.16. The van der Waals surface area contributed by atoms with Gasteiger partial charge in [-0.2, -0.15) is 0 Å². The first kappa shape index (κ1) is 19.2. The molecule has 3 aromatic rings. The van der Waals surface area contributed by atoms with Crippen molar-refractivity contribution in [1.29, 1.82) is 0 Å². The van der Waals surface area contributed by atoms with Crippen LogP contribution in [0.15, 0.2) is 48.5 Å². The number of nitrogens with one attached hydrogen (secondary N) is 1. The molecule has 4 rings (SSSR count). The second-order valence-electron chi connectivity index (χ2n) is 7.99. The van der Waals surface area contributed by atoms with Gasteiger partial charge in [0.05, 0.1) is 11.6 Å². The van der Waals surface area contributed by atoms with Crippen LogP contribution >= 0.6 is 11.6 Å². The van der Waals surface area contributed by atoms with E-state index in [0.29, 0.717) is 5.15 Å². The van der Waals surface area contributed by atoms with E-state index in [4.69, 9.17) is 16.3 Å². The lowest BCUT2D eigenvalue weighted by Gasteiger charge is -2.42. The molecule has 0 spiro atoms. The number of aromatic nitrogens is 1. The van der Waals surface area contributed by atoms with Crippen LogP contribution in [0.2, 0.25) is 5.15 Å². The molecule has 5 heteroatoms. The average molecular weight is 397 g/mol. The summed E-state index contributed by atoms with van der Waals surface area (Å²) in [7, 11) is 0. The largest absolute Gasteiger partial charge is 0.485 e. The van der Waals surface area contributed by atoms with Crippen molar-refractivity contribution >= 4 is 22.5 Å². The molecule has 0 aliphatic carbocycles. The number of halogens is 1. The molecule has 2 aromatic carbocycles. The summed E-state index contributed by atoms with van der Waals surface area (Å²) in [5.41, 5.74) is 3.35. The Balaban J connectivity index is 1.68. The van der Waals surface area contributed by atoms with Crippen LogP contribution in [0.25, 0.3) is 10.9 Å². The molecule has 0 saturated heterocycles. The first-order valence-electron chi connectivity index (χ1n) is 9.60. The summed E-state index contributed by atoms with van der Waals surface area (Å²) in [5.74, 6) is 0.784. The standard InChI is InChI=1S/C23H25ClN2O2/c1-14-11-20(24)26-18-12-17-19(13-16(14)18)28-23(2,3)22(27)21(17)25-10-9-15-7-5-4-6-8-15/h4-8,11-13,21-22,25,27H,9-10H2,1-3H3/t21-,22+/m0/s1. The average Bonchev–Trinajstić information content (AvgIpc) is 2.65. The molecule has 1 aromatic heterocycles. The number of rotatable bonds is 4. The van der Waals surface area contributed by atoms with Crippen molar-refractivity contribution in [2.24, 2.45) is 0 Å². The fourth-order valence-corrected chi connectivity index (χ4v) is 4.14. The van der Waals surface area contributed by atoms with E-state index in [0.717, 1.165) is 40.7 Å². The van der Waals surface area contributed by atoms with Gasteiger partial charge >= 0.3 is 0 Å². The third-order valence-corrected chi connectivity index (χ3v) is 5.67. The molecule has 2 atom stereocenters. The van der Waals surface area contributed by atoms with Crippen LogP contribution in [-0.4, -0.2) is 28.3 Å². The van der Waals surface area contributed by atoms with Gasteiger partial charge in [0, 0.05) is 10.9 Å². The molecule has 0 fully saturated rings. The Bertz CT molecular complexity index is 1000. The van der Waals surface area contributed by atoms with Crippen LogP contribution in [0.5, 0.6) is 5.75 Å². The minimum atomic E-state index is -0.696. The van der Waals surface area contributed by atoms with E-state index in [9.17, 15) is 5.11 Å². The number of aliphatic hydroxyl groups excluding tert-OH is 1. The lowest BCUT2D eigenvalue weighted by Crippen LogP contribution is -2.52. The molecular formula is C23H25ClN2O2. The minimum absolute atomic E-state index is 0.243. The number of ether oxygens (including phenoxy) is 1. The predicted molar refractivity (Wildman–Crippen MR) is 113 cm³/mol. The summed E-state index contributed by atoms with van der Waals surface area (Å²) in [4.78, 5) is 4.47. The van der Waals surface area contributed by atoms with Gasteiger partial charge in [-0.15, -0.1) is 0 Å². The zero-order chi connectivity index (χ0) is 19.9. The summed E-state index contributed by atoms with van der Waals surface area (Å²) in [6, 6.07) is 15.9. The predicted octanol–water partition coefficient (Wildman–Crippen LogP) is 4.60. The first-order chi connectivity index (χ1) is 13.3. The van der Waals surface area contributed by atoms with E-state index in [2.05, 4.69) is 22.4 Å². The van der Waals surface area contributed by atoms with E-state index < -0.39 is 11.7 Å². The summed E-state index contributed by atoms with van der Waals surface area (Å²) in [6.45, 7) is 6.61. The van der Waals surface area contributed by atoms with Gasteiger partial charge in [-0.25, -0.2) is 4.98 Å². The maximum atomic E-state index is 11.0. The van der Waals surface area contributed by atoms with Gasteiger partial charge in [0.25, 0.3) is 0 Å².